The van der Waals surface area contributed by atoms with Gasteiger partial charge in [0.2, 0.25) is 0 Å². The Kier molecular flexibility index (Phi) is 6.93. The van der Waals surface area contributed by atoms with E-state index in [2.05, 4.69) is 30.3 Å². The maximum atomic E-state index is 13.2. The molecule has 0 radical (unpaired) electrons. The first kappa shape index (κ1) is 22.8. The SMILES string of the molecule is CC(C)(C)OC(=O)N(c1ccccc1CN=C(c1ccccc1)c1ccccc1)C1CCC1. The third-order valence-electron chi connectivity index (χ3n) is 5.78. The topological polar surface area (TPSA) is 41.9 Å². The van der Waals surface area contributed by atoms with E-state index in [1.54, 1.807) is 0 Å². The molecule has 1 saturated carbocycles. The second-order valence-corrected chi connectivity index (χ2v) is 9.46. The first-order chi connectivity index (χ1) is 15.9. The molecule has 0 bridgehead atoms. The highest BCUT2D eigenvalue weighted by atomic mass is 16.6. The minimum Gasteiger partial charge on any atom is -0.443 e. The third-order valence-corrected chi connectivity index (χ3v) is 5.78. The van der Waals surface area contributed by atoms with E-state index in [4.69, 9.17) is 9.73 Å². The number of carbonyl (C=O) groups is 1. The summed E-state index contributed by atoms with van der Waals surface area (Å²) in [6.45, 7) is 6.20. The van der Waals surface area contributed by atoms with Gasteiger partial charge in [0.15, 0.2) is 0 Å². The maximum Gasteiger partial charge on any atom is 0.415 e. The van der Waals surface area contributed by atoms with Crippen LogP contribution in [0.15, 0.2) is 89.9 Å². The van der Waals surface area contributed by atoms with Gasteiger partial charge in [-0.25, -0.2) is 4.79 Å². The van der Waals surface area contributed by atoms with Crippen LogP contribution >= 0.6 is 0 Å². The quantitative estimate of drug-likeness (QED) is 0.387. The van der Waals surface area contributed by atoms with Crippen LogP contribution in [0, 0.1) is 0 Å². The number of carbonyl (C=O) groups excluding carboxylic acids is 1. The normalized spacial score (nSPS) is 13.7. The summed E-state index contributed by atoms with van der Waals surface area (Å²) in [7, 11) is 0. The molecule has 0 unspecified atom stereocenters. The van der Waals surface area contributed by atoms with Crippen LogP contribution in [0.5, 0.6) is 0 Å². The molecule has 170 valence electrons. The summed E-state index contributed by atoms with van der Waals surface area (Å²) in [6, 6.07) is 28.7. The summed E-state index contributed by atoms with van der Waals surface area (Å²) >= 11 is 0. The number of aliphatic imine (C=N–C) groups is 1. The van der Waals surface area contributed by atoms with Gasteiger partial charge in [-0.05, 0) is 51.7 Å². The van der Waals surface area contributed by atoms with Crippen molar-refractivity contribution in [3.63, 3.8) is 0 Å². The number of anilines is 1. The molecule has 0 heterocycles. The number of nitrogens with zero attached hydrogens (tertiary/aromatic N) is 2. The van der Waals surface area contributed by atoms with Gasteiger partial charge in [-0.2, -0.15) is 0 Å². The Hall–Kier alpha value is -3.40. The van der Waals surface area contributed by atoms with E-state index in [1.165, 1.54) is 0 Å². The molecule has 1 fully saturated rings. The predicted octanol–water partition coefficient (Wildman–Crippen LogP) is 7.02. The number of amides is 1. The Morgan fingerprint density at radius 3 is 1.94 bits per heavy atom. The highest BCUT2D eigenvalue weighted by molar-refractivity contribution is 6.12. The molecule has 4 nitrogen and oxygen atoms in total. The van der Waals surface area contributed by atoms with E-state index in [0.717, 1.165) is 47.4 Å². The summed E-state index contributed by atoms with van der Waals surface area (Å²) in [5.41, 5.74) is 4.45. The second-order valence-electron chi connectivity index (χ2n) is 9.46. The minimum absolute atomic E-state index is 0.174. The second kappa shape index (κ2) is 10.0. The number of benzene rings is 3. The molecule has 1 amide bonds. The first-order valence-corrected chi connectivity index (χ1v) is 11.7. The lowest BCUT2D eigenvalue weighted by atomic mass is 9.91. The van der Waals surface area contributed by atoms with Crippen molar-refractivity contribution in [1.82, 2.24) is 0 Å². The number of para-hydroxylation sites is 1. The van der Waals surface area contributed by atoms with Crippen LogP contribution in [0.4, 0.5) is 10.5 Å². The lowest BCUT2D eigenvalue weighted by molar-refractivity contribution is 0.0549. The molecule has 0 spiro atoms. The third kappa shape index (κ3) is 5.70. The van der Waals surface area contributed by atoms with Crippen LogP contribution in [0.25, 0.3) is 0 Å². The van der Waals surface area contributed by atoms with Crippen molar-refractivity contribution in [2.45, 2.75) is 58.2 Å². The number of ether oxygens (including phenoxy) is 1. The number of hydrogen-bond acceptors (Lipinski definition) is 3. The zero-order valence-corrected chi connectivity index (χ0v) is 19.7. The highest BCUT2D eigenvalue weighted by Gasteiger charge is 2.34. The van der Waals surface area contributed by atoms with E-state index >= 15 is 0 Å². The monoisotopic (exact) mass is 440 g/mol. The van der Waals surface area contributed by atoms with Crippen molar-refractivity contribution in [3.05, 3.63) is 102 Å². The Morgan fingerprint density at radius 1 is 0.879 bits per heavy atom. The van der Waals surface area contributed by atoms with Crippen molar-refractivity contribution in [2.24, 2.45) is 4.99 Å². The fraction of sp³-hybridized carbons (Fsp3) is 0.310. The van der Waals surface area contributed by atoms with Crippen molar-refractivity contribution >= 4 is 17.5 Å². The molecule has 0 saturated heterocycles. The van der Waals surface area contributed by atoms with Gasteiger partial charge in [0.25, 0.3) is 0 Å². The summed E-state index contributed by atoms with van der Waals surface area (Å²) in [6.07, 6.45) is 2.85. The maximum absolute atomic E-state index is 13.2. The molecule has 0 atom stereocenters. The van der Waals surface area contributed by atoms with Crippen LogP contribution in [0.1, 0.15) is 56.7 Å². The predicted molar refractivity (Wildman–Crippen MR) is 135 cm³/mol. The van der Waals surface area contributed by atoms with Crippen molar-refractivity contribution in [2.75, 3.05) is 4.90 Å². The van der Waals surface area contributed by atoms with Gasteiger partial charge in [0.1, 0.15) is 5.60 Å². The van der Waals surface area contributed by atoms with Crippen LogP contribution in [0.3, 0.4) is 0 Å². The van der Waals surface area contributed by atoms with E-state index in [9.17, 15) is 4.79 Å². The number of hydrogen-bond donors (Lipinski definition) is 0. The van der Waals surface area contributed by atoms with Crippen molar-refractivity contribution in [3.8, 4) is 0 Å². The lowest BCUT2D eigenvalue weighted by Crippen LogP contribution is -2.47. The summed E-state index contributed by atoms with van der Waals surface area (Å²) in [4.78, 5) is 20.1. The zero-order valence-electron chi connectivity index (χ0n) is 19.7. The van der Waals surface area contributed by atoms with Crippen LogP contribution in [-0.4, -0.2) is 23.4 Å². The Bertz CT molecular complexity index is 1060. The summed E-state index contributed by atoms with van der Waals surface area (Å²) in [5.74, 6) is 0. The molecule has 0 aromatic heterocycles. The Labute approximate surface area is 196 Å². The largest absolute Gasteiger partial charge is 0.443 e. The molecule has 1 aliphatic rings. The van der Waals surface area contributed by atoms with Gasteiger partial charge in [0.05, 0.1) is 17.9 Å². The van der Waals surface area contributed by atoms with Gasteiger partial charge in [-0.15, -0.1) is 0 Å². The molecular formula is C29H32N2O2. The van der Waals surface area contributed by atoms with Crippen LogP contribution in [-0.2, 0) is 11.3 Å². The molecule has 33 heavy (non-hydrogen) atoms. The van der Waals surface area contributed by atoms with E-state index in [-0.39, 0.29) is 12.1 Å². The first-order valence-electron chi connectivity index (χ1n) is 11.7. The van der Waals surface area contributed by atoms with Crippen LogP contribution < -0.4 is 4.90 Å². The molecule has 0 aliphatic heterocycles. The summed E-state index contributed by atoms with van der Waals surface area (Å²) < 4.78 is 5.78. The van der Waals surface area contributed by atoms with Crippen LogP contribution in [0.2, 0.25) is 0 Å². The van der Waals surface area contributed by atoms with Gasteiger partial charge in [-0.1, -0.05) is 78.9 Å². The molecule has 4 rings (SSSR count). The molecule has 3 aromatic rings. The van der Waals surface area contributed by atoms with Gasteiger partial charge in [-0.3, -0.25) is 9.89 Å². The molecular weight excluding hydrogens is 408 g/mol. The fourth-order valence-electron chi connectivity index (χ4n) is 3.99. The van der Waals surface area contributed by atoms with E-state index in [0.29, 0.717) is 6.54 Å². The van der Waals surface area contributed by atoms with Gasteiger partial charge >= 0.3 is 6.09 Å². The minimum atomic E-state index is -0.542. The molecule has 1 aliphatic carbocycles. The number of rotatable bonds is 6. The lowest BCUT2D eigenvalue weighted by Gasteiger charge is -2.39. The molecule has 3 aromatic carbocycles. The smallest absolute Gasteiger partial charge is 0.415 e. The molecule has 4 heteroatoms. The fourth-order valence-corrected chi connectivity index (χ4v) is 3.99. The Balaban J connectivity index is 1.70. The zero-order chi connectivity index (χ0) is 23.3. The van der Waals surface area contributed by atoms with Crippen molar-refractivity contribution < 1.29 is 9.53 Å². The Morgan fingerprint density at radius 2 is 1.42 bits per heavy atom. The highest BCUT2D eigenvalue weighted by Crippen LogP contribution is 2.33. The van der Waals surface area contributed by atoms with Gasteiger partial charge < -0.3 is 4.74 Å². The van der Waals surface area contributed by atoms with Crippen molar-refractivity contribution in [1.29, 1.82) is 0 Å². The van der Waals surface area contributed by atoms with E-state index in [1.807, 2.05) is 80.3 Å². The van der Waals surface area contributed by atoms with E-state index < -0.39 is 5.60 Å². The average Bonchev–Trinajstić information content (AvgIpc) is 2.77. The standard InChI is InChI=1S/C29H32N2O2/c1-29(2,3)33-28(32)31(25-18-12-19-25)26-20-11-10-17-24(26)21-30-27(22-13-6-4-7-14-22)23-15-8-5-9-16-23/h4-11,13-17,20,25H,12,18-19,21H2,1-3H3. The average molecular weight is 441 g/mol. The summed E-state index contributed by atoms with van der Waals surface area (Å²) in [5, 5.41) is 0. The molecule has 0 N–H and O–H groups in total. The van der Waals surface area contributed by atoms with Gasteiger partial charge in [0, 0.05) is 17.2 Å².